The molecule has 0 aromatic heterocycles. The van der Waals surface area contributed by atoms with Crippen LogP contribution in [0.5, 0.6) is 0 Å². The molecule has 22 heavy (non-hydrogen) atoms. The summed E-state index contributed by atoms with van der Waals surface area (Å²) in [4.78, 5) is 0. The summed E-state index contributed by atoms with van der Waals surface area (Å²) in [6, 6.07) is 0.390. The van der Waals surface area contributed by atoms with E-state index in [1.165, 1.54) is 5.57 Å². The Morgan fingerprint density at radius 3 is 2.55 bits per heavy atom. The minimum absolute atomic E-state index is 0.124. The normalized spacial score (nSPS) is 18.7. The van der Waals surface area contributed by atoms with Crippen molar-refractivity contribution in [1.82, 2.24) is 4.31 Å². The number of hydrogen-bond donors (Lipinski definition) is 0. The Kier molecular flexibility index (Phi) is 8.97. The Morgan fingerprint density at radius 2 is 1.86 bits per heavy atom. The first-order valence-corrected chi connectivity index (χ1v) is 8.33. The van der Waals surface area contributed by atoms with Gasteiger partial charge in [-0.15, -0.1) is 0 Å². The fourth-order valence-electron chi connectivity index (χ4n) is 1.80. The average Bonchev–Trinajstić information content (AvgIpc) is 2.44. The molecule has 0 radical (unpaired) electrons. The number of allylic oxidation sites excluding steroid dienone is 2. The summed E-state index contributed by atoms with van der Waals surface area (Å²) in [6.07, 6.45) is 3.26. The zero-order valence-electron chi connectivity index (χ0n) is 13.1. The van der Waals surface area contributed by atoms with Crippen molar-refractivity contribution in [2.45, 2.75) is 38.9 Å². The number of nitrogens with zero attached hydrogens (tertiary/aromatic N) is 1. The molecule has 7 heteroatoms. The second-order valence-corrected chi connectivity index (χ2v) is 6.20. The molecule has 0 fully saturated rings. The summed E-state index contributed by atoms with van der Waals surface area (Å²) in [5.74, 6) is 0.854. The van der Waals surface area contributed by atoms with E-state index < -0.39 is 12.8 Å². The number of rotatable bonds is 10. The maximum absolute atomic E-state index is 11.8. The third-order valence-corrected chi connectivity index (χ3v) is 4.28. The molecule has 0 amide bonds. The van der Waals surface area contributed by atoms with Crippen molar-refractivity contribution in [3.8, 4) is 0 Å². The molecule has 0 saturated heterocycles. The predicted molar refractivity (Wildman–Crippen MR) is 83.6 cm³/mol. The molecule has 3 nitrogen and oxygen atoms in total. The van der Waals surface area contributed by atoms with Crippen LogP contribution in [-0.2, 0) is 9.47 Å². The average molecular weight is 339 g/mol. The van der Waals surface area contributed by atoms with Crippen LogP contribution in [0.2, 0.25) is 0 Å². The van der Waals surface area contributed by atoms with Crippen LogP contribution in [-0.4, -0.2) is 48.7 Å². The lowest BCUT2D eigenvalue weighted by Gasteiger charge is -2.29. The van der Waals surface area contributed by atoms with E-state index >= 15 is 0 Å². The zero-order chi connectivity index (χ0) is 16.4. The molecule has 1 atom stereocenters. The highest BCUT2D eigenvalue weighted by molar-refractivity contribution is 7.97. The summed E-state index contributed by atoms with van der Waals surface area (Å²) >= 11 is 1.71. The molecule has 1 rings (SSSR count). The van der Waals surface area contributed by atoms with Crippen molar-refractivity contribution in [1.29, 1.82) is 0 Å². The van der Waals surface area contributed by atoms with Crippen LogP contribution < -0.4 is 0 Å². The summed E-state index contributed by atoms with van der Waals surface area (Å²) in [5.41, 5.74) is 1.33. The summed E-state index contributed by atoms with van der Waals surface area (Å²) in [7, 11) is 0. The van der Waals surface area contributed by atoms with Crippen LogP contribution in [0.3, 0.4) is 0 Å². The summed E-state index contributed by atoms with van der Waals surface area (Å²) < 4.78 is 47.6. The van der Waals surface area contributed by atoms with Gasteiger partial charge in [-0.2, -0.15) is 13.2 Å². The number of unbranched alkanes of at least 4 members (excludes halogenated alkanes) is 1. The van der Waals surface area contributed by atoms with Gasteiger partial charge in [0.05, 0.1) is 12.6 Å². The first-order valence-electron chi connectivity index (χ1n) is 7.38. The highest BCUT2D eigenvalue weighted by Gasteiger charge is 2.27. The zero-order valence-corrected chi connectivity index (χ0v) is 13.9. The smallest absolute Gasteiger partial charge is 0.381 e. The van der Waals surface area contributed by atoms with Crippen molar-refractivity contribution in [3.63, 3.8) is 0 Å². The first-order chi connectivity index (χ1) is 10.4. The number of ether oxygens (including phenoxy) is 2. The first kappa shape index (κ1) is 19.4. The van der Waals surface area contributed by atoms with Gasteiger partial charge in [0.25, 0.3) is 0 Å². The van der Waals surface area contributed by atoms with E-state index in [1.807, 2.05) is 6.08 Å². The van der Waals surface area contributed by atoms with Crippen LogP contribution >= 0.6 is 11.9 Å². The van der Waals surface area contributed by atoms with E-state index in [2.05, 4.69) is 35.2 Å². The molecule has 1 unspecified atom stereocenters. The van der Waals surface area contributed by atoms with Crippen molar-refractivity contribution < 1.29 is 22.6 Å². The van der Waals surface area contributed by atoms with Gasteiger partial charge in [-0.3, -0.25) is 0 Å². The third kappa shape index (κ3) is 8.70. The Balaban J connectivity index is 1.90. The van der Waals surface area contributed by atoms with Gasteiger partial charge in [-0.05, 0) is 44.7 Å². The van der Waals surface area contributed by atoms with Crippen LogP contribution in [0.25, 0.3) is 0 Å². The minimum atomic E-state index is -4.23. The van der Waals surface area contributed by atoms with Crippen LogP contribution in [0, 0.1) is 0 Å². The van der Waals surface area contributed by atoms with Gasteiger partial charge in [-0.1, -0.05) is 11.6 Å². The van der Waals surface area contributed by atoms with E-state index in [9.17, 15) is 13.2 Å². The Hall–Kier alpha value is -0.660. The lowest BCUT2D eigenvalue weighted by Crippen LogP contribution is -2.25. The van der Waals surface area contributed by atoms with Gasteiger partial charge in [0, 0.05) is 25.2 Å². The second-order valence-electron chi connectivity index (χ2n) is 5.11. The lowest BCUT2D eigenvalue weighted by molar-refractivity contribution is -0.174. The predicted octanol–water partition coefficient (Wildman–Crippen LogP) is 4.17. The molecule has 1 aliphatic rings. The largest absolute Gasteiger partial charge is 0.411 e. The van der Waals surface area contributed by atoms with Gasteiger partial charge in [0.1, 0.15) is 6.61 Å². The molecule has 0 aliphatic carbocycles. The maximum atomic E-state index is 11.8. The van der Waals surface area contributed by atoms with E-state index in [0.29, 0.717) is 32.1 Å². The van der Waals surface area contributed by atoms with Crippen LogP contribution in [0.4, 0.5) is 13.2 Å². The Morgan fingerprint density at radius 1 is 1.18 bits per heavy atom. The molecular formula is C15H24F3NO2S. The number of halogens is 3. The molecular weight excluding hydrogens is 315 g/mol. The molecule has 0 spiro atoms. The molecule has 1 heterocycles. The quantitative estimate of drug-likeness (QED) is 0.440. The van der Waals surface area contributed by atoms with Gasteiger partial charge in [0.2, 0.25) is 0 Å². The van der Waals surface area contributed by atoms with E-state index in [0.717, 1.165) is 5.75 Å². The second kappa shape index (κ2) is 10.2. The van der Waals surface area contributed by atoms with Gasteiger partial charge < -0.3 is 13.8 Å². The highest BCUT2D eigenvalue weighted by Crippen LogP contribution is 2.23. The minimum Gasteiger partial charge on any atom is -0.381 e. The molecule has 1 aliphatic heterocycles. The maximum Gasteiger partial charge on any atom is 0.411 e. The van der Waals surface area contributed by atoms with E-state index in [-0.39, 0.29) is 6.61 Å². The monoisotopic (exact) mass is 339 g/mol. The summed E-state index contributed by atoms with van der Waals surface area (Å²) in [6.45, 7) is 4.41. The Bertz CT molecular complexity index is 372. The van der Waals surface area contributed by atoms with Gasteiger partial charge in [0.15, 0.2) is 0 Å². The number of alkyl halides is 3. The van der Waals surface area contributed by atoms with Crippen molar-refractivity contribution >= 4 is 11.9 Å². The fourth-order valence-corrected chi connectivity index (χ4v) is 2.75. The molecule has 0 bridgehead atoms. The van der Waals surface area contributed by atoms with Crippen molar-refractivity contribution in [2.24, 2.45) is 0 Å². The lowest BCUT2D eigenvalue weighted by atomic mass is 10.1. The van der Waals surface area contributed by atoms with Crippen LogP contribution in [0.1, 0.15) is 26.7 Å². The molecule has 128 valence electrons. The molecule has 0 saturated carbocycles. The van der Waals surface area contributed by atoms with Crippen LogP contribution in [0.15, 0.2) is 23.9 Å². The molecule has 0 N–H and O–H groups in total. The molecule has 0 aromatic carbocycles. The van der Waals surface area contributed by atoms with E-state index in [1.54, 1.807) is 11.9 Å². The standard InChI is InChI=1S/C15H24F3NO2S/c1-13-6-5-7-19(14(13)2)22-11-10-20-8-3-4-9-21-12-15(16,17)18/h5-7,14H,3-4,8-12H2,1-2H3. The molecule has 0 aromatic rings. The topological polar surface area (TPSA) is 21.7 Å². The summed E-state index contributed by atoms with van der Waals surface area (Å²) in [5, 5.41) is 0. The fraction of sp³-hybridized carbons (Fsp3) is 0.733. The van der Waals surface area contributed by atoms with Gasteiger partial charge >= 0.3 is 6.18 Å². The highest BCUT2D eigenvalue weighted by atomic mass is 32.2. The van der Waals surface area contributed by atoms with E-state index in [4.69, 9.17) is 4.74 Å². The van der Waals surface area contributed by atoms with Gasteiger partial charge in [-0.25, -0.2) is 0 Å². The Labute approximate surface area is 134 Å². The van der Waals surface area contributed by atoms with Crippen molar-refractivity contribution in [3.05, 3.63) is 23.9 Å². The third-order valence-electron chi connectivity index (χ3n) is 3.19. The number of hydrogen-bond acceptors (Lipinski definition) is 4. The van der Waals surface area contributed by atoms with Crippen molar-refractivity contribution in [2.75, 3.05) is 32.2 Å². The SMILES string of the molecule is CC1=CC=CN(SCCOCCCCOCC(F)(F)F)C1C.